The normalized spacial score (nSPS) is 25.2. The van der Waals surface area contributed by atoms with E-state index >= 15 is 0 Å². The summed E-state index contributed by atoms with van der Waals surface area (Å²) in [6.07, 6.45) is 4.07. The molecular weight excluding hydrogens is 333 g/mol. The van der Waals surface area contributed by atoms with Crippen LogP contribution in [0.3, 0.4) is 0 Å². The van der Waals surface area contributed by atoms with Crippen molar-refractivity contribution in [2.24, 2.45) is 5.92 Å². The number of rotatable bonds is 4. The summed E-state index contributed by atoms with van der Waals surface area (Å²) in [6.45, 7) is 5.61. The van der Waals surface area contributed by atoms with Crippen molar-refractivity contribution < 1.29 is 18.7 Å². The molecule has 0 radical (unpaired) electrons. The summed E-state index contributed by atoms with van der Waals surface area (Å²) in [4.78, 5) is 27.0. The fraction of sp³-hybridized carbons (Fsp3) is 0.619. The van der Waals surface area contributed by atoms with Gasteiger partial charge < -0.3 is 9.64 Å². The van der Waals surface area contributed by atoms with Crippen LogP contribution in [0, 0.1) is 11.7 Å². The lowest BCUT2D eigenvalue weighted by atomic mass is 9.85. The second-order valence-electron chi connectivity index (χ2n) is 8.54. The Morgan fingerprint density at radius 1 is 1.19 bits per heavy atom. The maximum absolute atomic E-state index is 13.3. The molecule has 142 valence electrons. The number of nitrogens with zero attached hydrogens (tertiary/aromatic N) is 1. The number of piperidine rings is 1. The molecular formula is C21H28FNO3. The average Bonchev–Trinajstić information content (AvgIpc) is 2.81. The fourth-order valence-corrected chi connectivity index (χ4v) is 4.22. The van der Waals surface area contributed by atoms with E-state index in [2.05, 4.69) is 0 Å². The number of carbonyl (C=O) groups excluding carboxylic acids is 2. The highest BCUT2D eigenvalue weighted by Gasteiger charge is 2.46. The Morgan fingerprint density at radius 2 is 1.85 bits per heavy atom. The van der Waals surface area contributed by atoms with Gasteiger partial charge in [0.15, 0.2) is 0 Å². The van der Waals surface area contributed by atoms with Crippen molar-refractivity contribution in [1.82, 2.24) is 4.90 Å². The van der Waals surface area contributed by atoms with Crippen molar-refractivity contribution in [3.8, 4) is 0 Å². The summed E-state index contributed by atoms with van der Waals surface area (Å²) in [5, 5.41) is 0. The molecule has 0 aromatic heterocycles. The van der Waals surface area contributed by atoms with E-state index in [1.54, 1.807) is 6.07 Å². The molecule has 2 aliphatic rings. The lowest BCUT2D eigenvalue weighted by molar-refractivity contribution is -0.125. The Kier molecular flexibility index (Phi) is 5.35. The number of halogens is 1. The molecule has 2 fully saturated rings. The standard InChI is InChI=1S/C21H28FNO3/c1-21(2,3)26-20(25)23-17-8-9-18(23)13-15(12-17)19(24)10-7-14-5-4-6-16(22)11-14/h4-6,11,15,17-18H,7-10,12-13H2,1-3H3. The molecule has 2 heterocycles. The van der Waals surface area contributed by atoms with Crippen LogP contribution >= 0.6 is 0 Å². The molecule has 0 spiro atoms. The molecule has 2 bridgehead atoms. The van der Waals surface area contributed by atoms with Crippen LogP contribution in [0.25, 0.3) is 0 Å². The molecule has 0 saturated carbocycles. The van der Waals surface area contributed by atoms with Gasteiger partial charge in [-0.1, -0.05) is 12.1 Å². The zero-order chi connectivity index (χ0) is 18.9. The number of benzene rings is 1. The highest BCUT2D eigenvalue weighted by atomic mass is 19.1. The smallest absolute Gasteiger partial charge is 0.410 e. The Balaban J connectivity index is 1.56. The lowest BCUT2D eigenvalue weighted by Gasteiger charge is -2.39. The van der Waals surface area contributed by atoms with E-state index in [0.29, 0.717) is 12.8 Å². The molecule has 0 aliphatic carbocycles. The van der Waals surface area contributed by atoms with Gasteiger partial charge in [0.2, 0.25) is 0 Å². The van der Waals surface area contributed by atoms with Gasteiger partial charge in [-0.3, -0.25) is 4.79 Å². The van der Waals surface area contributed by atoms with Crippen molar-refractivity contribution >= 4 is 11.9 Å². The number of hydrogen-bond donors (Lipinski definition) is 0. The average molecular weight is 361 g/mol. The number of fused-ring (bicyclic) bond motifs is 2. The number of hydrogen-bond acceptors (Lipinski definition) is 3. The Hall–Kier alpha value is -1.91. The second-order valence-corrected chi connectivity index (χ2v) is 8.54. The first kappa shape index (κ1) is 18.9. The minimum atomic E-state index is -0.506. The van der Waals surface area contributed by atoms with Crippen molar-refractivity contribution in [2.75, 3.05) is 0 Å². The minimum Gasteiger partial charge on any atom is -0.444 e. The summed E-state index contributed by atoms with van der Waals surface area (Å²) in [5.41, 5.74) is 0.348. The highest BCUT2D eigenvalue weighted by Crippen LogP contribution is 2.40. The van der Waals surface area contributed by atoms with E-state index in [-0.39, 0.29) is 35.7 Å². The van der Waals surface area contributed by atoms with Crippen LogP contribution in [-0.2, 0) is 16.0 Å². The van der Waals surface area contributed by atoms with Crippen LogP contribution in [0.2, 0.25) is 0 Å². The summed E-state index contributed by atoms with van der Waals surface area (Å²) < 4.78 is 18.8. The number of ketones is 1. The number of Topliss-reactive ketones (excluding diaryl/α,β-unsaturated/α-hetero) is 1. The largest absolute Gasteiger partial charge is 0.444 e. The van der Waals surface area contributed by atoms with Gasteiger partial charge >= 0.3 is 6.09 Å². The molecule has 1 amide bonds. The molecule has 1 aromatic rings. The van der Waals surface area contributed by atoms with Gasteiger partial charge in [0.25, 0.3) is 0 Å². The van der Waals surface area contributed by atoms with Crippen molar-refractivity contribution in [1.29, 1.82) is 0 Å². The first-order valence-electron chi connectivity index (χ1n) is 9.51. The number of aryl methyl sites for hydroxylation is 1. The molecule has 2 atom stereocenters. The van der Waals surface area contributed by atoms with Crippen molar-refractivity contribution in [2.45, 2.75) is 77.0 Å². The zero-order valence-corrected chi connectivity index (χ0v) is 15.8. The van der Waals surface area contributed by atoms with Crippen LogP contribution in [-0.4, -0.2) is 34.5 Å². The molecule has 3 rings (SSSR count). The maximum atomic E-state index is 13.3. The van der Waals surface area contributed by atoms with E-state index < -0.39 is 5.60 Å². The predicted molar refractivity (Wildman–Crippen MR) is 97.3 cm³/mol. The molecule has 1 aromatic carbocycles. The highest BCUT2D eigenvalue weighted by molar-refractivity contribution is 5.82. The molecule has 4 nitrogen and oxygen atoms in total. The van der Waals surface area contributed by atoms with Gasteiger partial charge in [-0.15, -0.1) is 0 Å². The number of carbonyl (C=O) groups is 2. The topological polar surface area (TPSA) is 46.6 Å². The molecule has 0 N–H and O–H groups in total. The quantitative estimate of drug-likeness (QED) is 0.793. The first-order chi connectivity index (χ1) is 12.2. The lowest BCUT2D eigenvalue weighted by Crippen LogP contribution is -2.49. The van der Waals surface area contributed by atoms with Crippen LogP contribution in [0.1, 0.15) is 58.4 Å². The van der Waals surface area contributed by atoms with Crippen LogP contribution in [0.5, 0.6) is 0 Å². The number of ether oxygens (including phenoxy) is 1. The van der Waals surface area contributed by atoms with Crippen molar-refractivity contribution in [3.63, 3.8) is 0 Å². The Morgan fingerprint density at radius 3 is 2.42 bits per heavy atom. The van der Waals surface area contributed by atoms with Gasteiger partial charge in [-0.2, -0.15) is 0 Å². The van der Waals surface area contributed by atoms with E-state index in [0.717, 1.165) is 31.2 Å². The third kappa shape index (κ3) is 4.43. The van der Waals surface area contributed by atoms with Crippen molar-refractivity contribution in [3.05, 3.63) is 35.6 Å². The van der Waals surface area contributed by atoms with E-state index in [1.165, 1.54) is 12.1 Å². The van der Waals surface area contributed by atoms with E-state index in [9.17, 15) is 14.0 Å². The fourth-order valence-electron chi connectivity index (χ4n) is 4.22. The van der Waals surface area contributed by atoms with Crippen LogP contribution in [0.15, 0.2) is 24.3 Å². The molecule has 2 aliphatic heterocycles. The SMILES string of the molecule is CC(C)(C)OC(=O)N1C2CCC1CC(C(=O)CCc1cccc(F)c1)C2. The van der Waals surface area contributed by atoms with E-state index in [1.807, 2.05) is 31.7 Å². The van der Waals surface area contributed by atoms with Crippen LogP contribution < -0.4 is 0 Å². The first-order valence-corrected chi connectivity index (χ1v) is 9.51. The Bertz CT molecular complexity index is 668. The molecule has 2 saturated heterocycles. The molecule has 26 heavy (non-hydrogen) atoms. The van der Waals surface area contributed by atoms with Crippen LogP contribution in [0.4, 0.5) is 9.18 Å². The predicted octanol–water partition coefficient (Wildman–Crippen LogP) is 4.51. The van der Waals surface area contributed by atoms with Gasteiger partial charge in [0.05, 0.1) is 0 Å². The zero-order valence-electron chi connectivity index (χ0n) is 15.8. The van der Waals surface area contributed by atoms with Gasteiger partial charge in [-0.05, 0) is 70.6 Å². The minimum absolute atomic E-state index is 0.000235. The third-order valence-corrected chi connectivity index (χ3v) is 5.34. The second kappa shape index (κ2) is 7.37. The summed E-state index contributed by atoms with van der Waals surface area (Å²) in [7, 11) is 0. The summed E-state index contributed by atoms with van der Waals surface area (Å²) in [5.74, 6) is -0.0339. The maximum Gasteiger partial charge on any atom is 0.410 e. The monoisotopic (exact) mass is 361 g/mol. The third-order valence-electron chi connectivity index (χ3n) is 5.34. The van der Waals surface area contributed by atoms with Gasteiger partial charge in [-0.25, -0.2) is 9.18 Å². The molecule has 2 unspecified atom stereocenters. The van der Waals surface area contributed by atoms with E-state index in [4.69, 9.17) is 4.74 Å². The summed E-state index contributed by atoms with van der Waals surface area (Å²) in [6, 6.07) is 6.63. The molecule has 5 heteroatoms. The van der Waals surface area contributed by atoms with Gasteiger partial charge in [0, 0.05) is 24.4 Å². The van der Waals surface area contributed by atoms with Gasteiger partial charge in [0.1, 0.15) is 17.2 Å². The Labute approximate surface area is 154 Å². The number of amides is 1. The summed E-state index contributed by atoms with van der Waals surface area (Å²) >= 11 is 0.